The summed E-state index contributed by atoms with van der Waals surface area (Å²) in [6.07, 6.45) is 7.62. The standard InChI is InChI=1S/C24H24N4O2/c1-16-5-9-27-14-20(26-22(27)11-16)19-12-17-3-4-18(13-21(17)30-23(19)29)28-10-8-25-24(15-28)6-2-7-24/h3-5,9,11-14,25H,2,6-8,10,15H2,1H3. The summed E-state index contributed by atoms with van der Waals surface area (Å²) in [6.45, 7) is 5.01. The first-order chi connectivity index (χ1) is 14.6. The van der Waals surface area contributed by atoms with Crippen LogP contribution < -0.4 is 15.8 Å². The van der Waals surface area contributed by atoms with Gasteiger partial charge in [-0.2, -0.15) is 0 Å². The van der Waals surface area contributed by atoms with Gasteiger partial charge in [-0.1, -0.05) is 0 Å². The van der Waals surface area contributed by atoms with Gasteiger partial charge in [0.25, 0.3) is 0 Å². The van der Waals surface area contributed by atoms with Crippen LogP contribution in [0.15, 0.2) is 58.0 Å². The molecule has 1 aromatic carbocycles. The Balaban J connectivity index is 1.38. The van der Waals surface area contributed by atoms with Crippen LogP contribution in [0.4, 0.5) is 5.69 Å². The summed E-state index contributed by atoms with van der Waals surface area (Å²) >= 11 is 0. The average molecular weight is 400 g/mol. The smallest absolute Gasteiger partial charge is 0.345 e. The number of pyridine rings is 1. The highest BCUT2D eigenvalue weighted by atomic mass is 16.4. The van der Waals surface area contributed by atoms with Gasteiger partial charge < -0.3 is 19.0 Å². The van der Waals surface area contributed by atoms with Gasteiger partial charge in [0.05, 0.1) is 11.3 Å². The van der Waals surface area contributed by atoms with E-state index in [0.29, 0.717) is 16.8 Å². The fourth-order valence-corrected chi connectivity index (χ4v) is 4.80. The summed E-state index contributed by atoms with van der Waals surface area (Å²) in [5.74, 6) is 0. The van der Waals surface area contributed by atoms with E-state index >= 15 is 0 Å². The number of fused-ring (bicyclic) bond motifs is 2. The molecule has 1 aliphatic heterocycles. The molecule has 2 aliphatic rings. The summed E-state index contributed by atoms with van der Waals surface area (Å²) in [6, 6.07) is 12.1. The van der Waals surface area contributed by atoms with Gasteiger partial charge in [-0.25, -0.2) is 9.78 Å². The van der Waals surface area contributed by atoms with Gasteiger partial charge in [0.15, 0.2) is 0 Å². The second-order valence-electron chi connectivity index (χ2n) is 8.75. The Bertz CT molecular complexity index is 1330. The highest BCUT2D eigenvalue weighted by molar-refractivity contribution is 5.84. The van der Waals surface area contributed by atoms with Crippen LogP contribution in [0, 0.1) is 6.92 Å². The number of nitrogens with one attached hydrogen (secondary N) is 1. The van der Waals surface area contributed by atoms with Crippen molar-refractivity contribution in [2.75, 3.05) is 24.5 Å². The molecule has 4 aromatic rings. The Morgan fingerprint density at radius 1 is 1.17 bits per heavy atom. The minimum atomic E-state index is -0.351. The highest BCUT2D eigenvalue weighted by Crippen LogP contribution is 2.36. The molecule has 30 heavy (non-hydrogen) atoms. The van der Waals surface area contributed by atoms with Crippen LogP contribution in [-0.2, 0) is 0 Å². The Labute approximate surface area is 174 Å². The molecular weight excluding hydrogens is 376 g/mol. The van der Waals surface area contributed by atoms with Gasteiger partial charge in [-0.05, 0) is 62.1 Å². The molecule has 1 spiro atoms. The highest BCUT2D eigenvalue weighted by Gasteiger charge is 2.40. The minimum absolute atomic E-state index is 0.277. The number of rotatable bonds is 2. The zero-order chi connectivity index (χ0) is 20.3. The van der Waals surface area contributed by atoms with E-state index in [4.69, 9.17) is 4.42 Å². The first-order valence-electron chi connectivity index (χ1n) is 10.6. The lowest BCUT2D eigenvalue weighted by molar-refractivity contribution is 0.173. The van der Waals surface area contributed by atoms with E-state index in [1.807, 2.05) is 54.0 Å². The monoisotopic (exact) mass is 400 g/mol. The molecule has 152 valence electrons. The summed E-state index contributed by atoms with van der Waals surface area (Å²) < 4.78 is 7.67. The van der Waals surface area contributed by atoms with Crippen LogP contribution >= 0.6 is 0 Å². The van der Waals surface area contributed by atoms with Crippen LogP contribution in [0.3, 0.4) is 0 Å². The van der Waals surface area contributed by atoms with Crippen LogP contribution in [0.5, 0.6) is 0 Å². The molecular formula is C24H24N4O2. The van der Waals surface area contributed by atoms with Crippen molar-refractivity contribution in [1.82, 2.24) is 14.7 Å². The largest absolute Gasteiger partial charge is 0.422 e. The van der Waals surface area contributed by atoms with Crippen LogP contribution in [0.1, 0.15) is 24.8 Å². The Morgan fingerprint density at radius 3 is 2.90 bits per heavy atom. The van der Waals surface area contributed by atoms with Gasteiger partial charge in [0.1, 0.15) is 11.2 Å². The summed E-state index contributed by atoms with van der Waals surface area (Å²) in [5, 5.41) is 4.61. The van der Waals surface area contributed by atoms with Gasteiger partial charge in [0.2, 0.25) is 0 Å². The van der Waals surface area contributed by atoms with Crippen molar-refractivity contribution in [2.24, 2.45) is 0 Å². The number of benzene rings is 1. The fourth-order valence-electron chi connectivity index (χ4n) is 4.80. The maximum atomic E-state index is 12.8. The number of nitrogens with zero attached hydrogens (tertiary/aromatic N) is 3. The molecule has 2 fully saturated rings. The number of hydrogen-bond acceptors (Lipinski definition) is 5. The van der Waals surface area contributed by atoms with Crippen LogP contribution in [0.25, 0.3) is 27.9 Å². The lowest BCUT2D eigenvalue weighted by Gasteiger charge is -2.50. The topological polar surface area (TPSA) is 62.8 Å². The molecule has 1 saturated heterocycles. The second kappa shape index (κ2) is 6.44. The maximum absolute atomic E-state index is 12.8. The zero-order valence-corrected chi connectivity index (χ0v) is 17.0. The lowest BCUT2D eigenvalue weighted by atomic mass is 9.75. The quantitative estimate of drug-likeness (QED) is 0.519. The van der Waals surface area contributed by atoms with E-state index in [1.165, 1.54) is 19.3 Å². The number of aryl methyl sites for hydroxylation is 1. The van der Waals surface area contributed by atoms with Crippen molar-refractivity contribution < 1.29 is 4.42 Å². The third-order valence-electron chi connectivity index (χ3n) is 6.66. The van der Waals surface area contributed by atoms with Gasteiger partial charge >= 0.3 is 5.63 Å². The first kappa shape index (κ1) is 17.7. The molecule has 0 bridgehead atoms. The van der Waals surface area contributed by atoms with Crippen molar-refractivity contribution in [3.05, 3.63) is 64.8 Å². The summed E-state index contributed by atoms with van der Waals surface area (Å²) in [5.41, 5.74) is 4.76. The third kappa shape index (κ3) is 2.82. The lowest BCUT2D eigenvalue weighted by Crippen LogP contribution is -2.64. The predicted molar refractivity (Wildman–Crippen MR) is 118 cm³/mol. The van der Waals surface area contributed by atoms with E-state index < -0.39 is 0 Å². The molecule has 1 saturated carbocycles. The molecule has 6 rings (SSSR count). The SMILES string of the molecule is Cc1ccn2cc(-c3cc4ccc(N5CCNC6(CCC6)C5)cc4oc3=O)nc2c1. The third-order valence-corrected chi connectivity index (χ3v) is 6.66. The molecule has 3 aromatic heterocycles. The molecule has 1 aliphatic carbocycles. The number of piperazine rings is 1. The number of anilines is 1. The van der Waals surface area contributed by atoms with E-state index in [1.54, 1.807) is 0 Å². The molecule has 1 N–H and O–H groups in total. The molecule has 0 amide bonds. The van der Waals surface area contributed by atoms with Gasteiger partial charge in [-0.3, -0.25) is 0 Å². The van der Waals surface area contributed by atoms with Gasteiger partial charge in [0, 0.05) is 54.7 Å². The van der Waals surface area contributed by atoms with Crippen molar-refractivity contribution >= 4 is 22.3 Å². The minimum Gasteiger partial charge on any atom is -0.422 e. The van der Waals surface area contributed by atoms with Crippen molar-refractivity contribution in [3.63, 3.8) is 0 Å². The molecule has 0 radical (unpaired) electrons. The predicted octanol–water partition coefficient (Wildman–Crippen LogP) is 3.75. The summed E-state index contributed by atoms with van der Waals surface area (Å²) in [7, 11) is 0. The Kier molecular flexibility index (Phi) is 3.80. The maximum Gasteiger partial charge on any atom is 0.345 e. The average Bonchev–Trinajstić information content (AvgIpc) is 3.14. The van der Waals surface area contributed by atoms with Crippen LogP contribution in [-0.4, -0.2) is 34.6 Å². The zero-order valence-electron chi connectivity index (χ0n) is 17.0. The Morgan fingerprint density at radius 2 is 2.07 bits per heavy atom. The van der Waals surface area contributed by atoms with E-state index in [-0.39, 0.29) is 11.2 Å². The number of imidazole rings is 1. The normalized spacial score (nSPS) is 18.2. The van der Waals surface area contributed by atoms with Crippen LogP contribution in [0.2, 0.25) is 0 Å². The van der Waals surface area contributed by atoms with E-state index in [9.17, 15) is 4.79 Å². The molecule has 4 heterocycles. The van der Waals surface area contributed by atoms with E-state index in [0.717, 1.165) is 41.9 Å². The molecule has 0 atom stereocenters. The van der Waals surface area contributed by atoms with Crippen molar-refractivity contribution in [1.29, 1.82) is 0 Å². The summed E-state index contributed by atoms with van der Waals surface area (Å²) in [4.78, 5) is 19.8. The van der Waals surface area contributed by atoms with Gasteiger partial charge in [-0.15, -0.1) is 0 Å². The number of hydrogen-bond donors (Lipinski definition) is 1. The molecule has 0 unspecified atom stereocenters. The fraction of sp³-hybridized carbons (Fsp3) is 0.333. The van der Waals surface area contributed by atoms with Crippen molar-refractivity contribution in [2.45, 2.75) is 31.7 Å². The molecule has 6 nitrogen and oxygen atoms in total. The van der Waals surface area contributed by atoms with E-state index in [2.05, 4.69) is 21.3 Å². The molecule has 6 heteroatoms. The first-order valence-corrected chi connectivity index (χ1v) is 10.6. The number of aromatic nitrogens is 2. The second-order valence-corrected chi connectivity index (χ2v) is 8.75. The Hall–Kier alpha value is -3.12. The van der Waals surface area contributed by atoms with Crippen molar-refractivity contribution in [3.8, 4) is 11.3 Å².